The number of hydrogen-bond acceptors (Lipinski definition) is 3. The van der Waals surface area contributed by atoms with Gasteiger partial charge in [0.25, 0.3) is 0 Å². The zero-order chi connectivity index (χ0) is 14.3. The van der Waals surface area contributed by atoms with Crippen molar-refractivity contribution in [3.63, 3.8) is 0 Å². The number of fused-ring (bicyclic) bond motifs is 1. The summed E-state index contributed by atoms with van der Waals surface area (Å²) in [6.07, 6.45) is 3.19. The molecule has 1 aromatic heterocycles. The van der Waals surface area contributed by atoms with Crippen LogP contribution in [0.5, 0.6) is 0 Å². The maximum atomic E-state index is 12.1. The highest BCUT2D eigenvalue weighted by Gasteiger charge is 2.35. The van der Waals surface area contributed by atoms with Gasteiger partial charge in [-0.15, -0.1) is 10.2 Å². The Morgan fingerprint density at radius 3 is 2.80 bits per heavy atom. The number of urea groups is 1. The van der Waals surface area contributed by atoms with Crippen LogP contribution in [0.25, 0.3) is 0 Å². The number of amides is 2. The molecule has 1 aliphatic heterocycles. The monoisotopic (exact) mass is 277 g/mol. The van der Waals surface area contributed by atoms with Crippen LogP contribution in [0, 0.1) is 11.8 Å². The Bertz CT molecular complexity index is 510. The van der Waals surface area contributed by atoms with Gasteiger partial charge in [-0.25, -0.2) is 4.79 Å². The van der Waals surface area contributed by atoms with Crippen LogP contribution < -0.4 is 10.6 Å². The molecular weight excluding hydrogens is 254 g/mol. The van der Waals surface area contributed by atoms with E-state index in [1.54, 1.807) is 0 Å². The minimum atomic E-state index is -0.0894. The van der Waals surface area contributed by atoms with E-state index >= 15 is 0 Å². The Morgan fingerprint density at radius 2 is 2.15 bits per heavy atom. The van der Waals surface area contributed by atoms with E-state index in [1.807, 2.05) is 0 Å². The Kier molecular flexibility index (Phi) is 3.40. The molecule has 0 aromatic carbocycles. The third-order valence-corrected chi connectivity index (χ3v) is 4.30. The summed E-state index contributed by atoms with van der Waals surface area (Å²) in [4.78, 5) is 12.1. The molecule has 20 heavy (non-hydrogen) atoms. The van der Waals surface area contributed by atoms with E-state index in [0.717, 1.165) is 37.5 Å². The molecule has 6 heteroatoms. The van der Waals surface area contributed by atoms with E-state index in [-0.39, 0.29) is 18.0 Å². The first-order valence-electron chi connectivity index (χ1n) is 7.55. The van der Waals surface area contributed by atoms with Gasteiger partial charge in [0, 0.05) is 19.0 Å². The topological polar surface area (TPSA) is 71.8 Å². The van der Waals surface area contributed by atoms with Crippen molar-refractivity contribution in [2.24, 2.45) is 11.8 Å². The molecule has 2 aliphatic rings. The quantitative estimate of drug-likeness (QED) is 0.878. The van der Waals surface area contributed by atoms with Crippen molar-refractivity contribution in [3.05, 3.63) is 11.6 Å². The van der Waals surface area contributed by atoms with Gasteiger partial charge in [-0.3, -0.25) is 0 Å². The SMILES string of the molecule is CC(C)C(NC(=O)NC1CC1C)c1nnc2n1CCC2. The molecule has 3 rings (SSSR count). The van der Waals surface area contributed by atoms with E-state index in [0.29, 0.717) is 12.0 Å². The lowest BCUT2D eigenvalue weighted by Crippen LogP contribution is -2.42. The predicted octanol–water partition coefficient (Wildman–Crippen LogP) is 1.63. The van der Waals surface area contributed by atoms with Gasteiger partial charge >= 0.3 is 6.03 Å². The highest BCUT2D eigenvalue weighted by atomic mass is 16.2. The molecular formula is C14H23N5O. The molecule has 3 unspecified atom stereocenters. The van der Waals surface area contributed by atoms with Crippen LogP contribution in [0.15, 0.2) is 0 Å². The van der Waals surface area contributed by atoms with Gasteiger partial charge in [0.1, 0.15) is 5.82 Å². The van der Waals surface area contributed by atoms with Crippen molar-refractivity contribution in [1.82, 2.24) is 25.4 Å². The number of carbonyl (C=O) groups is 1. The molecule has 0 saturated heterocycles. The summed E-state index contributed by atoms with van der Waals surface area (Å²) in [5.74, 6) is 2.83. The van der Waals surface area contributed by atoms with E-state index in [4.69, 9.17) is 0 Å². The van der Waals surface area contributed by atoms with E-state index in [9.17, 15) is 4.79 Å². The van der Waals surface area contributed by atoms with Crippen LogP contribution in [-0.2, 0) is 13.0 Å². The first-order chi connectivity index (χ1) is 9.56. The summed E-state index contributed by atoms with van der Waals surface area (Å²) < 4.78 is 2.16. The van der Waals surface area contributed by atoms with Gasteiger partial charge in [-0.1, -0.05) is 20.8 Å². The average molecular weight is 277 g/mol. The third-order valence-electron chi connectivity index (χ3n) is 4.30. The van der Waals surface area contributed by atoms with Crippen LogP contribution >= 0.6 is 0 Å². The molecule has 1 fully saturated rings. The first-order valence-corrected chi connectivity index (χ1v) is 7.55. The van der Waals surface area contributed by atoms with Gasteiger partial charge < -0.3 is 15.2 Å². The lowest BCUT2D eigenvalue weighted by Gasteiger charge is -2.22. The van der Waals surface area contributed by atoms with Crippen LogP contribution in [-0.4, -0.2) is 26.8 Å². The number of hydrogen-bond donors (Lipinski definition) is 2. The predicted molar refractivity (Wildman–Crippen MR) is 75.2 cm³/mol. The minimum Gasteiger partial charge on any atom is -0.335 e. The second kappa shape index (κ2) is 5.07. The minimum absolute atomic E-state index is 0.0802. The van der Waals surface area contributed by atoms with Crippen molar-refractivity contribution in [2.75, 3.05) is 0 Å². The number of aryl methyl sites for hydroxylation is 1. The first kappa shape index (κ1) is 13.4. The number of nitrogens with one attached hydrogen (secondary N) is 2. The number of rotatable bonds is 4. The second-order valence-corrected chi connectivity index (χ2v) is 6.39. The Hall–Kier alpha value is -1.59. The lowest BCUT2D eigenvalue weighted by molar-refractivity contribution is 0.230. The molecule has 1 saturated carbocycles. The summed E-state index contributed by atoms with van der Waals surface area (Å²) >= 11 is 0. The molecule has 0 radical (unpaired) electrons. The summed E-state index contributed by atoms with van der Waals surface area (Å²) in [5.41, 5.74) is 0. The van der Waals surface area contributed by atoms with Gasteiger partial charge in [-0.2, -0.15) is 0 Å². The maximum Gasteiger partial charge on any atom is 0.315 e. The van der Waals surface area contributed by atoms with Crippen molar-refractivity contribution in [2.45, 2.75) is 58.7 Å². The van der Waals surface area contributed by atoms with Gasteiger partial charge in [0.2, 0.25) is 0 Å². The van der Waals surface area contributed by atoms with Crippen LogP contribution in [0.4, 0.5) is 4.79 Å². The van der Waals surface area contributed by atoms with E-state index in [2.05, 4.69) is 46.2 Å². The summed E-state index contributed by atoms with van der Waals surface area (Å²) in [7, 11) is 0. The number of aromatic nitrogens is 3. The summed E-state index contributed by atoms with van der Waals surface area (Å²) in [5, 5.41) is 14.6. The lowest BCUT2D eigenvalue weighted by atomic mass is 10.0. The molecule has 2 N–H and O–H groups in total. The van der Waals surface area contributed by atoms with Crippen molar-refractivity contribution >= 4 is 6.03 Å². The molecule has 1 aliphatic carbocycles. The Balaban J connectivity index is 1.70. The maximum absolute atomic E-state index is 12.1. The van der Waals surface area contributed by atoms with E-state index in [1.165, 1.54) is 0 Å². The molecule has 110 valence electrons. The molecule has 0 bridgehead atoms. The molecule has 2 amide bonds. The fraction of sp³-hybridized carbons (Fsp3) is 0.786. The largest absolute Gasteiger partial charge is 0.335 e. The fourth-order valence-electron chi connectivity index (χ4n) is 2.81. The second-order valence-electron chi connectivity index (χ2n) is 6.39. The zero-order valence-corrected chi connectivity index (χ0v) is 12.4. The van der Waals surface area contributed by atoms with Gasteiger partial charge in [0.15, 0.2) is 5.82 Å². The number of carbonyl (C=O) groups excluding carboxylic acids is 1. The van der Waals surface area contributed by atoms with Crippen molar-refractivity contribution in [3.8, 4) is 0 Å². The normalized spacial score (nSPS) is 25.4. The van der Waals surface area contributed by atoms with Crippen molar-refractivity contribution < 1.29 is 4.79 Å². The van der Waals surface area contributed by atoms with Crippen LogP contribution in [0.3, 0.4) is 0 Å². The highest BCUT2D eigenvalue weighted by Crippen LogP contribution is 2.29. The fourth-order valence-corrected chi connectivity index (χ4v) is 2.81. The Morgan fingerprint density at radius 1 is 1.40 bits per heavy atom. The standard InChI is InChI=1S/C14H23N5O/c1-8(2)12(16-14(20)15-10-7-9(10)3)13-18-17-11-5-4-6-19(11)13/h8-10,12H,4-7H2,1-3H3,(H2,15,16,20). The average Bonchev–Trinajstić information content (AvgIpc) is 2.81. The zero-order valence-electron chi connectivity index (χ0n) is 12.4. The highest BCUT2D eigenvalue weighted by molar-refractivity contribution is 5.75. The molecule has 1 aromatic rings. The summed E-state index contributed by atoms with van der Waals surface area (Å²) in [6, 6.07) is 0.170. The number of nitrogens with zero attached hydrogens (tertiary/aromatic N) is 3. The summed E-state index contributed by atoms with van der Waals surface area (Å²) in [6.45, 7) is 7.31. The van der Waals surface area contributed by atoms with Gasteiger partial charge in [0.05, 0.1) is 6.04 Å². The smallest absolute Gasteiger partial charge is 0.315 e. The van der Waals surface area contributed by atoms with Gasteiger partial charge in [-0.05, 0) is 24.7 Å². The molecule has 6 nitrogen and oxygen atoms in total. The Labute approximate surface area is 119 Å². The van der Waals surface area contributed by atoms with Crippen LogP contribution in [0.2, 0.25) is 0 Å². The van der Waals surface area contributed by atoms with Crippen LogP contribution in [0.1, 0.15) is 51.3 Å². The molecule has 0 spiro atoms. The molecule has 2 heterocycles. The van der Waals surface area contributed by atoms with Crippen molar-refractivity contribution in [1.29, 1.82) is 0 Å². The third kappa shape index (κ3) is 2.51. The molecule has 3 atom stereocenters. The van der Waals surface area contributed by atoms with E-state index < -0.39 is 0 Å².